The van der Waals surface area contributed by atoms with Crippen molar-refractivity contribution in [2.45, 2.75) is 26.4 Å². The lowest BCUT2D eigenvalue weighted by Gasteiger charge is -2.09. The van der Waals surface area contributed by atoms with Gasteiger partial charge in [0.15, 0.2) is 0 Å². The average molecular weight is 304 g/mol. The van der Waals surface area contributed by atoms with Crippen molar-refractivity contribution in [3.05, 3.63) is 64.2 Å². The average Bonchev–Trinajstić information content (AvgIpc) is 2.45. The SMILES string of the molecule is CC(C)c1ccc(COC(=O)c2ccc(Cl)cc2N)cc1. The molecule has 0 unspecified atom stereocenters. The fourth-order valence-corrected chi connectivity index (χ4v) is 2.13. The zero-order valence-electron chi connectivity index (χ0n) is 12.1. The summed E-state index contributed by atoms with van der Waals surface area (Å²) < 4.78 is 5.27. The van der Waals surface area contributed by atoms with Gasteiger partial charge in [-0.25, -0.2) is 4.79 Å². The van der Waals surface area contributed by atoms with Crippen molar-refractivity contribution in [1.82, 2.24) is 0 Å². The maximum Gasteiger partial charge on any atom is 0.340 e. The molecule has 110 valence electrons. The molecule has 2 aromatic carbocycles. The van der Waals surface area contributed by atoms with Gasteiger partial charge in [-0.05, 0) is 35.2 Å². The smallest absolute Gasteiger partial charge is 0.340 e. The van der Waals surface area contributed by atoms with Crippen LogP contribution in [0.3, 0.4) is 0 Å². The highest BCUT2D eigenvalue weighted by Gasteiger charge is 2.11. The second kappa shape index (κ2) is 6.64. The second-order valence-electron chi connectivity index (χ2n) is 5.20. The van der Waals surface area contributed by atoms with E-state index in [0.717, 1.165) is 5.56 Å². The van der Waals surface area contributed by atoms with Crippen LogP contribution in [0.5, 0.6) is 0 Å². The van der Waals surface area contributed by atoms with E-state index in [1.54, 1.807) is 12.1 Å². The second-order valence-corrected chi connectivity index (χ2v) is 5.64. The standard InChI is InChI=1S/C17H18ClNO2/c1-11(2)13-5-3-12(4-6-13)10-21-17(20)15-8-7-14(18)9-16(15)19/h3-9,11H,10,19H2,1-2H3. The number of halogens is 1. The van der Waals surface area contributed by atoms with Crippen molar-refractivity contribution in [1.29, 1.82) is 0 Å². The van der Waals surface area contributed by atoms with E-state index < -0.39 is 5.97 Å². The van der Waals surface area contributed by atoms with Gasteiger partial charge in [-0.3, -0.25) is 0 Å². The number of esters is 1. The number of carbonyl (C=O) groups is 1. The largest absolute Gasteiger partial charge is 0.457 e. The molecule has 0 aliphatic heterocycles. The van der Waals surface area contributed by atoms with E-state index in [1.807, 2.05) is 24.3 Å². The minimum Gasteiger partial charge on any atom is -0.457 e. The Bertz CT molecular complexity index is 636. The molecule has 2 aromatic rings. The fourth-order valence-electron chi connectivity index (χ4n) is 1.94. The third-order valence-corrected chi connectivity index (χ3v) is 3.48. The van der Waals surface area contributed by atoms with Gasteiger partial charge in [-0.2, -0.15) is 0 Å². The molecule has 0 atom stereocenters. The van der Waals surface area contributed by atoms with Crippen LogP contribution in [0.4, 0.5) is 5.69 Å². The van der Waals surface area contributed by atoms with E-state index in [1.165, 1.54) is 11.6 Å². The van der Waals surface area contributed by atoms with E-state index in [9.17, 15) is 4.79 Å². The van der Waals surface area contributed by atoms with E-state index in [0.29, 0.717) is 22.2 Å². The van der Waals surface area contributed by atoms with Crippen LogP contribution in [-0.4, -0.2) is 5.97 Å². The predicted molar refractivity (Wildman–Crippen MR) is 85.5 cm³/mol. The first-order valence-corrected chi connectivity index (χ1v) is 7.16. The van der Waals surface area contributed by atoms with Crippen LogP contribution in [0, 0.1) is 0 Å². The van der Waals surface area contributed by atoms with E-state index >= 15 is 0 Å². The molecule has 0 heterocycles. The summed E-state index contributed by atoms with van der Waals surface area (Å²) in [6.45, 7) is 4.50. The third-order valence-electron chi connectivity index (χ3n) is 3.25. The van der Waals surface area contributed by atoms with Crippen LogP contribution in [-0.2, 0) is 11.3 Å². The van der Waals surface area contributed by atoms with Crippen LogP contribution in [0.1, 0.15) is 41.3 Å². The van der Waals surface area contributed by atoms with Crippen molar-refractivity contribution in [3.8, 4) is 0 Å². The summed E-state index contributed by atoms with van der Waals surface area (Å²) in [5, 5.41) is 0.494. The minimum atomic E-state index is -0.447. The number of carbonyl (C=O) groups excluding carboxylic acids is 1. The highest BCUT2D eigenvalue weighted by atomic mass is 35.5. The number of rotatable bonds is 4. The van der Waals surface area contributed by atoms with Gasteiger partial charge in [-0.1, -0.05) is 49.7 Å². The summed E-state index contributed by atoms with van der Waals surface area (Å²) >= 11 is 5.80. The van der Waals surface area contributed by atoms with Crippen LogP contribution < -0.4 is 5.73 Å². The Balaban J connectivity index is 2.00. The molecular formula is C17H18ClNO2. The molecule has 0 amide bonds. The number of ether oxygens (including phenoxy) is 1. The van der Waals surface area contributed by atoms with Gasteiger partial charge >= 0.3 is 5.97 Å². The summed E-state index contributed by atoms with van der Waals surface area (Å²) in [6, 6.07) is 12.8. The molecule has 3 nitrogen and oxygen atoms in total. The number of nitrogens with two attached hydrogens (primary N) is 1. The summed E-state index contributed by atoms with van der Waals surface area (Å²) in [7, 11) is 0. The molecule has 0 saturated carbocycles. The molecule has 21 heavy (non-hydrogen) atoms. The number of anilines is 1. The Morgan fingerprint density at radius 2 is 1.86 bits per heavy atom. The molecule has 0 aromatic heterocycles. The van der Waals surface area contributed by atoms with Crippen LogP contribution in [0.15, 0.2) is 42.5 Å². The quantitative estimate of drug-likeness (QED) is 0.672. The molecule has 0 bridgehead atoms. The maximum atomic E-state index is 12.0. The zero-order valence-corrected chi connectivity index (χ0v) is 12.9. The number of benzene rings is 2. The Hall–Kier alpha value is -2.00. The normalized spacial score (nSPS) is 10.7. The Morgan fingerprint density at radius 1 is 1.19 bits per heavy atom. The number of nitrogen functional groups attached to an aromatic ring is 1. The lowest BCUT2D eigenvalue weighted by molar-refractivity contribution is 0.0474. The third kappa shape index (κ3) is 3.99. The van der Waals surface area contributed by atoms with Crippen molar-refractivity contribution in [2.24, 2.45) is 0 Å². The van der Waals surface area contributed by atoms with Gasteiger partial charge in [0, 0.05) is 10.7 Å². The molecule has 0 spiro atoms. The molecule has 0 saturated heterocycles. The topological polar surface area (TPSA) is 52.3 Å². The lowest BCUT2D eigenvalue weighted by Crippen LogP contribution is -2.08. The van der Waals surface area contributed by atoms with Gasteiger partial charge in [-0.15, -0.1) is 0 Å². The zero-order chi connectivity index (χ0) is 15.4. The molecule has 0 radical (unpaired) electrons. The first kappa shape index (κ1) is 15.4. The lowest BCUT2D eigenvalue weighted by atomic mass is 10.0. The highest BCUT2D eigenvalue weighted by Crippen LogP contribution is 2.20. The van der Waals surface area contributed by atoms with Gasteiger partial charge in [0.1, 0.15) is 6.61 Å². The molecule has 0 aliphatic rings. The van der Waals surface area contributed by atoms with Crippen molar-refractivity contribution < 1.29 is 9.53 Å². The van der Waals surface area contributed by atoms with Crippen molar-refractivity contribution in [2.75, 3.05) is 5.73 Å². The van der Waals surface area contributed by atoms with Crippen molar-refractivity contribution in [3.63, 3.8) is 0 Å². The van der Waals surface area contributed by atoms with E-state index in [-0.39, 0.29) is 6.61 Å². The first-order valence-electron chi connectivity index (χ1n) is 6.78. The summed E-state index contributed by atoms with van der Waals surface area (Å²) in [6.07, 6.45) is 0. The highest BCUT2D eigenvalue weighted by molar-refractivity contribution is 6.31. The molecule has 0 aliphatic carbocycles. The number of hydrogen-bond acceptors (Lipinski definition) is 3. The van der Waals surface area contributed by atoms with Gasteiger partial charge in [0.2, 0.25) is 0 Å². The molecule has 0 fully saturated rings. The van der Waals surface area contributed by atoms with Gasteiger partial charge in [0.05, 0.1) is 5.56 Å². The minimum absolute atomic E-state index is 0.222. The van der Waals surface area contributed by atoms with Crippen molar-refractivity contribution >= 4 is 23.3 Å². The Morgan fingerprint density at radius 3 is 2.43 bits per heavy atom. The summed E-state index contributed by atoms with van der Waals surface area (Å²) in [5.74, 6) is 0.0348. The van der Waals surface area contributed by atoms with Crippen LogP contribution in [0.25, 0.3) is 0 Å². The molecular weight excluding hydrogens is 286 g/mol. The van der Waals surface area contributed by atoms with E-state index in [2.05, 4.69) is 13.8 Å². The van der Waals surface area contributed by atoms with E-state index in [4.69, 9.17) is 22.1 Å². The van der Waals surface area contributed by atoms with Gasteiger partial charge in [0.25, 0.3) is 0 Å². The summed E-state index contributed by atoms with van der Waals surface area (Å²) in [4.78, 5) is 12.0. The Labute approximate surface area is 129 Å². The predicted octanol–water partition coefficient (Wildman–Crippen LogP) is 4.40. The van der Waals surface area contributed by atoms with Crippen LogP contribution in [0.2, 0.25) is 5.02 Å². The fraction of sp³-hybridized carbons (Fsp3) is 0.235. The van der Waals surface area contributed by atoms with Crippen LogP contribution >= 0.6 is 11.6 Å². The monoisotopic (exact) mass is 303 g/mol. The Kier molecular flexibility index (Phi) is 4.86. The summed E-state index contributed by atoms with van der Waals surface area (Å²) in [5.41, 5.74) is 8.61. The van der Waals surface area contributed by atoms with Gasteiger partial charge < -0.3 is 10.5 Å². The molecule has 2 N–H and O–H groups in total. The number of hydrogen-bond donors (Lipinski definition) is 1. The molecule has 2 rings (SSSR count). The molecule has 4 heteroatoms. The first-order chi connectivity index (χ1) is 9.97. The maximum absolute atomic E-state index is 12.0.